The van der Waals surface area contributed by atoms with E-state index < -0.39 is 0 Å². The molecule has 2 aromatic rings. The molecule has 1 heterocycles. The predicted octanol–water partition coefficient (Wildman–Crippen LogP) is 3.80. The van der Waals surface area contributed by atoms with Gasteiger partial charge in [-0.05, 0) is 62.2 Å². The van der Waals surface area contributed by atoms with Crippen molar-refractivity contribution in [2.24, 2.45) is 0 Å². The van der Waals surface area contributed by atoms with E-state index in [-0.39, 0.29) is 0 Å². The standard InChI is InChI=1S/C16H22N4S/c1-10-8-13-14(9-11(10)2)19-15(18-13)20-16(21)17-12-6-4-3-5-7-12/h8-9,12H,3-7H2,1-2H3,(H3,17,18,19,20,21). The SMILES string of the molecule is Cc1cc2nc(NC(=S)NC3CCCCC3)[nH]c2cc1C. The minimum Gasteiger partial charge on any atom is -0.360 e. The van der Waals surface area contributed by atoms with Gasteiger partial charge in [-0.2, -0.15) is 0 Å². The topological polar surface area (TPSA) is 52.7 Å². The van der Waals surface area contributed by atoms with E-state index in [4.69, 9.17) is 12.2 Å². The first kappa shape index (κ1) is 14.3. The van der Waals surface area contributed by atoms with E-state index in [9.17, 15) is 0 Å². The van der Waals surface area contributed by atoms with Crippen molar-refractivity contribution in [3.63, 3.8) is 0 Å². The average Bonchev–Trinajstić information content (AvgIpc) is 2.81. The summed E-state index contributed by atoms with van der Waals surface area (Å²) < 4.78 is 0. The lowest BCUT2D eigenvalue weighted by molar-refractivity contribution is 0.414. The fourth-order valence-corrected chi connectivity index (χ4v) is 3.17. The van der Waals surface area contributed by atoms with E-state index >= 15 is 0 Å². The van der Waals surface area contributed by atoms with Crippen LogP contribution in [0.5, 0.6) is 0 Å². The number of anilines is 1. The normalized spacial score (nSPS) is 16.1. The molecule has 4 nitrogen and oxygen atoms in total. The van der Waals surface area contributed by atoms with Gasteiger partial charge in [-0.25, -0.2) is 4.98 Å². The molecule has 1 fully saturated rings. The molecule has 1 aromatic heterocycles. The maximum Gasteiger partial charge on any atom is 0.207 e. The van der Waals surface area contributed by atoms with Crippen LogP contribution in [0.2, 0.25) is 0 Å². The first-order chi connectivity index (χ1) is 10.1. The second-order valence-corrected chi connectivity index (χ2v) is 6.38. The fraction of sp³-hybridized carbons (Fsp3) is 0.500. The second kappa shape index (κ2) is 6.02. The molecule has 1 aromatic carbocycles. The van der Waals surface area contributed by atoms with Crippen LogP contribution in [0.4, 0.5) is 5.95 Å². The average molecular weight is 302 g/mol. The van der Waals surface area contributed by atoms with Gasteiger partial charge in [-0.15, -0.1) is 0 Å². The highest BCUT2D eigenvalue weighted by molar-refractivity contribution is 7.80. The van der Waals surface area contributed by atoms with E-state index in [0.29, 0.717) is 17.1 Å². The molecule has 1 aliphatic carbocycles. The quantitative estimate of drug-likeness (QED) is 0.739. The van der Waals surface area contributed by atoms with Crippen LogP contribution in [0.3, 0.4) is 0 Å². The number of aromatic nitrogens is 2. The Morgan fingerprint density at radius 3 is 2.67 bits per heavy atom. The van der Waals surface area contributed by atoms with E-state index in [2.05, 4.69) is 46.6 Å². The molecule has 0 unspecified atom stereocenters. The Balaban J connectivity index is 1.68. The van der Waals surface area contributed by atoms with Gasteiger partial charge in [0.25, 0.3) is 0 Å². The molecule has 1 saturated carbocycles. The Hall–Kier alpha value is -1.62. The molecule has 5 heteroatoms. The lowest BCUT2D eigenvalue weighted by Crippen LogP contribution is -2.39. The summed E-state index contributed by atoms with van der Waals surface area (Å²) in [5, 5.41) is 7.23. The number of H-pyrrole nitrogens is 1. The van der Waals surface area contributed by atoms with E-state index in [1.807, 2.05) is 0 Å². The van der Waals surface area contributed by atoms with Crippen LogP contribution in [-0.4, -0.2) is 21.1 Å². The summed E-state index contributed by atoms with van der Waals surface area (Å²) in [4.78, 5) is 7.84. The number of aromatic amines is 1. The van der Waals surface area contributed by atoms with Gasteiger partial charge in [0.1, 0.15) is 0 Å². The summed E-state index contributed by atoms with van der Waals surface area (Å²) >= 11 is 5.39. The first-order valence-corrected chi connectivity index (χ1v) is 8.07. The minimum atomic E-state index is 0.507. The summed E-state index contributed by atoms with van der Waals surface area (Å²) in [6.45, 7) is 4.21. The zero-order valence-electron chi connectivity index (χ0n) is 12.6. The van der Waals surface area contributed by atoms with Gasteiger partial charge in [-0.1, -0.05) is 19.3 Å². The molecule has 0 spiro atoms. The number of nitrogens with one attached hydrogen (secondary N) is 3. The fourth-order valence-electron chi connectivity index (χ4n) is 2.90. The van der Waals surface area contributed by atoms with Gasteiger partial charge in [0, 0.05) is 6.04 Å². The molecule has 112 valence electrons. The van der Waals surface area contributed by atoms with Crippen molar-refractivity contribution in [3.05, 3.63) is 23.3 Å². The van der Waals surface area contributed by atoms with Crippen LogP contribution in [0.25, 0.3) is 11.0 Å². The summed E-state index contributed by atoms with van der Waals surface area (Å²) in [5.74, 6) is 0.711. The molecule has 3 N–H and O–H groups in total. The number of thiocarbonyl (C=S) groups is 1. The van der Waals surface area contributed by atoms with Gasteiger partial charge in [0.2, 0.25) is 5.95 Å². The van der Waals surface area contributed by atoms with E-state index in [0.717, 1.165) is 11.0 Å². The van der Waals surface area contributed by atoms with Gasteiger partial charge >= 0.3 is 0 Å². The van der Waals surface area contributed by atoms with Gasteiger partial charge in [0.15, 0.2) is 5.11 Å². The van der Waals surface area contributed by atoms with Crippen molar-refractivity contribution < 1.29 is 0 Å². The number of hydrogen-bond donors (Lipinski definition) is 3. The number of hydrogen-bond acceptors (Lipinski definition) is 2. The van der Waals surface area contributed by atoms with Crippen molar-refractivity contribution >= 4 is 34.3 Å². The summed E-state index contributed by atoms with van der Waals surface area (Å²) in [6, 6.07) is 4.73. The number of rotatable bonds is 2. The molecule has 1 aliphatic rings. The van der Waals surface area contributed by atoms with Crippen molar-refractivity contribution in [3.8, 4) is 0 Å². The van der Waals surface area contributed by atoms with Crippen molar-refractivity contribution in [1.82, 2.24) is 15.3 Å². The van der Waals surface area contributed by atoms with Crippen molar-refractivity contribution in [2.45, 2.75) is 52.0 Å². The number of fused-ring (bicyclic) bond motifs is 1. The maximum atomic E-state index is 5.39. The van der Waals surface area contributed by atoms with Crippen LogP contribution in [-0.2, 0) is 0 Å². The smallest absolute Gasteiger partial charge is 0.207 e. The van der Waals surface area contributed by atoms with Crippen molar-refractivity contribution in [1.29, 1.82) is 0 Å². The Labute approximate surface area is 130 Å². The molecule has 0 atom stereocenters. The van der Waals surface area contributed by atoms with Crippen LogP contribution >= 0.6 is 12.2 Å². The second-order valence-electron chi connectivity index (χ2n) is 5.97. The number of benzene rings is 1. The molecular formula is C16H22N4S. The number of aryl methyl sites for hydroxylation is 2. The third-order valence-electron chi connectivity index (χ3n) is 4.27. The Morgan fingerprint density at radius 1 is 1.19 bits per heavy atom. The molecular weight excluding hydrogens is 280 g/mol. The first-order valence-electron chi connectivity index (χ1n) is 7.66. The maximum absolute atomic E-state index is 5.39. The minimum absolute atomic E-state index is 0.507. The third-order valence-corrected chi connectivity index (χ3v) is 4.49. The summed E-state index contributed by atoms with van der Waals surface area (Å²) in [6.07, 6.45) is 6.36. The molecule has 0 amide bonds. The van der Waals surface area contributed by atoms with Crippen molar-refractivity contribution in [2.75, 3.05) is 5.32 Å². The summed E-state index contributed by atoms with van der Waals surface area (Å²) in [7, 11) is 0. The Bertz CT molecular complexity index is 617. The Morgan fingerprint density at radius 2 is 1.90 bits per heavy atom. The highest BCUT2D eigenvalue weighted by atomic mass is 32.1. The van der Waals surface area contributed by atoms with Gasteiger partial charge < -0.3 is 15.6 Å². The largest absolute Gasteiger partial charge is 0.360 e. The molecule has 0 bridgehead atoms. The molecule has 3 rings (SSSR count). The Kier molecular flexibility index (Phi) is 4.10. The van der Waals surface area contributed by atoms with Gasteiger partial charge in [-0.3, -0.25) is 0 Å². The highest BCUT2D eigenvalue weighted by Crippen LogP contribution is 2.20. The van der Waals surface area contributed by atoms with Crippen LogP contribution in [0, 0.1) is 13.8 Å². The monoisotopic (exact) mass is 302 g/mol. The molecule has 0 saturated heterocycles. The lowest BCUT2D eigenvalue weighted by Gasteiger charge is -2.23. The van der Waals surface area contributed by atoms with Crippen LogP contribution in [0.1, 0.15) is 43.2 Å². The third kappa shape index (κ3) is 3.35. The van der Waals surface area contributed by atoms with Crippen LogP contribution in [0.15, 0.2) is 12.1 Å². The van der Waals surface area contributed by atoms with E-state index in [1.165, 1.54) is 43.2 Å². The summed E-state index contributed by atoms with van der Waals surface area (Å²) in [5.41, 5.74) is 4.53. The zero-order valence-corrected chi connectivity index (χ0v) is 13.4. The highest BCUT2D eigenvalue weighted by Gasteiger charge is 2.14. The van der Waals surface area contributed by atoms with E-state index in [1.54, 1.807) is 0 Å². The predicted molar refractivity (Wildman–Crippen MR) is 91.8 cm³/mol. The number of nitrogens with zero attached hydrogens (tertiary/aromatic N) is 1. The zero-order chi connectivity index (χ0) is 14.8. The molecule has 0 aliphatic heterocycles. The molecule has 0 radical (unpaired) electrons. The van der Waals surface area contributed by atoms with Gasteiger partial charge in [0.05, 0.1) is 11.0 Å². The molecule has 21 heavy (non-hydrogen) atoms. The lowest BCUT2D eigenvalue weighted by atomic mass is 9.96. The number of imidazole rings is 1. The van der Waals surface area contributed by atoms with Crippen LogP contribution < -0.4 is 10.6 Å².